The third kappa shape index (κ3) is 6.85. The highest BCUT2D eigenvalue weighted by Gasteiger charge is 2.33. The Kier molecular flexibility index (Phi) is 7.81. The van der Waals surface area contributed by atoms with Crippen molar-refractivity contribution in [3.63, 3.8) is 0 Å². The highest BCUT2D eigenvalue weighted by atomic mass is 35.5. The number of benzene rings is 2. The quantitative estimate of drug-likeness (QED) is 0.378. The third-order valence-electron chi connectivity index (χ3n) is 4.03. The topological polar surface area (TPSA) is 113 Å². The first-order valence-electron chi connectivity index (χ1n) is 9.00. The summed E-state index contributed by atoms with van der Waals surface area (Å²) >= 11 is 6.04. The van der Waals surface area contributed by atoms with Crippen LogP contribution < -0.4 is 16.0 Å². The molecule has 0 aliphatic rings. The molecule has 0 heterocycles. The maximum Gasteiger partial charge on any atom is 0.416 e. The van der Waals surface area contributed by atoms with Crippen LogP contribution in [0.3, 0.4) is 0 Å². The van der Waals surface area contributed by atoms with Gasteiger partial charge >= 0.3 is 6.18 Å². The first-order valence-corrected chi connectivity index (χ1v) is 9.37. The molecule has 0 spiro atoms. The summed E-state index contributed by atoms with van der Waals surface area (Å²) in [6.07, 6.45) is -4.60. The van der Waals surface area contributed by atoms with Crippen LogP contribution in [-0.2, 0) is 15.8 Å². The van der Waals surface area contributed by atoms with Gasteiger partial charge in [-0.1, -0.05) is 18.5 Å². The molecule has 0 radical (unpaired) electrons. The van der Waals surface area contributed by atoms with Crippen molar-refractivity contribution in [3.8, 4) is 0 Å². The molecule has 2 amide bonds. The van der Waals surface area contributed by atoms with Crippen LogP contribution in [0.1, 0.15) is 25.3 Å². The minimum Gasteiger partial charge on any atom is -0.379 e. The third-order valence-corrected chi connectivity index (χ3v) is 4.36. The van der Waals surface area contributed by atoms with Crippen LogP contribution in [-0.4, -0.2) is 23.3 Å². The molecule has 0 saturated heterocycles. The normalized spacial score (nSPS) is 11.0. The molecular formula is C19H18ClF3N4O4. The molecule has 0 unspecified atom stereocenters. The highest BCUT2D eigenvalue weighted by Crippen LogP contribution is 2.35. The summed E-state index contributed by atoms with van der Waals surface area (Å²) in [5, 5.41) is 19.1. The fraction of sp³-hybridized carbons (Fsp3) is 0.263. The highest BCUT2D eigenvalue weighted by molar-refractivity contribution is 6.33. The van der Waals surface area contributed by atoms with E-state index in [0.717, 1.165) is 6.07 Å². The molecule has 0 aromatic heterocycles. The fourth-order valence-electron chi connectivity index (χ4n) is 2.48. The van der Waals surface area contributed by atoms with E-state index in [1.807, 2.05) is 0 Å². The van der Waals surface area contributed by atoms with E-state index in [1.165, 1.54) is 12.1 Å². The largest absolute Gasteiger partial charge is 0.416 e. The molecule has 0 saturated carbocycles. The smallest absolute Gasteiger partial charge is 0.379 e. The van der Waals surface area contributed by atoms with Crippen molar-refractivity contribution in [3.05, 3.63) is 57.1 Å². The average Bonchev–Trinajstić information content (AvgIpc) is 2.69. The van der Waals surface area contributed by atoms with E-state index in [9.17, 15) is 32.9 Å². The number of halogens is 4. The van der Waals surface area contributed by atoms with Gasteiger partial charge in [0.15, 0.2) is 0 Å². The van der Waals surface area contributed by atoms with Gasteiger partial charge in [-0.15, -0.1) is 0 Å². The summed E-state index contributed by atoms with van der Waals surface area (Å²) in [5.74, 6) is -0.718. The lowest BCUT2D eigenvalue weighted by molar-refractivity contribution is -0.384. The number of rotatable bonds is 8. The van der Waals surface area contributed by atoms with Crippen LogP contribution in [0.5, 0.6) is 0 Å². The van der Waals surface area contributed by atoms with Crippen molar-refractivity contribution >= 4 is 46.2 Å². The number of nitrogens with zero attached hydrogens (tertiary/aromatic N) is 1. The molecule has 0 bridgehead atoms. The number of nitro groups is 1. The lowest BCUT2D eigenvalue weighted by Crippen LogP contribution is -2.17. The van der Waals surface area contributed by atoms with E-state index >= 15 is 0 Å². The molecule has 12 heteroatoms. The van der Waals surface area contributed by atoms with Crippen molar-refractivity contribution in [2.24, 2.45) is 0 Å². The Morgan fingerprint density at radius 1 is 1.06 bits per heavy atom. The van der Waals surface area contributed by atoms with Gasteiger partial charge in [0.1, 0.15) is 5.69 Å². The SMILES string of the molecule is CCC(=O)Nc1ccc(Cl)c(NC(=O)CCNc2ccc(C(F)(F)F)cc2[N+](=O)[O-])c1. The van der Waals surface area contributed by atoms with E-state index in [0.29, 0.717) is 17.8 Å². The summed E-state index contributed by atoms with van der Waals surface area (Å²) in [6.45, 7) is 1.60. The number of hydrogen-bond acceptors (Lipinski definition) is 5. The summed E-state index contributed by atoms with van der Waals surface area (Å²) in [6, 6.07) is 6.62. The second-order valence-electron chi connectivity index (χ2n) is 6.31. The zero-order chi connectivity index (χ0) is 23.2. The molecule has 0 atom stereocenters. The molecule has 8 nitrogen and oxygen atoms in total. The van der Waals surface area contributed by atoms with Crippen molar-refractivity contribution in [1.29, 1.82) is 0 Å². The molecule has 2 aromatic rings. The predicted molar refractivity (Wildman–Crippen MR) is 110 cm³/mol. The molecule has 2 rings (SSSR count). The minimum atomic E-state index is -4.71. The summed E-state index contributed by atoms with van der Waals surface area (Å²) < 4.78 is 38.2. The van der Waals surface area contributed by atoms with Gasteiger partial charge in [-0.05, 0) is 30.3 Å². The molecule has 3 N–H and O–H groups in total. The van der Waals surface area contributed by atoms with E-state index in [2.05, 4.69) is 16.0 Å². The van der Waals surface area contributed by atoms with Crippen LogP contribution in [0, 0.1) is 10.1 Å². The summed E-state index contributed by atoms with van der Waals surface area (Å²) in [4.78, 5) is 33.8. The number of amides is 2. The minimum absolute atomic E-state index is 0.0814. The van der Waals surface area contributed by atoms with Crippen molar-refractivity contribution in [2.75, 3.05) is 22.5 Å². The molecule has 0 aliphatic carbocycles. The van der Waals surface area contributed by atoms with E-state index in [1.54, 1.807) is 13.0 Å². The number of alkyl halides is 3. The first-order chi connectivity index (χ1) is 14.5. The van der Waals surface area contributed by atoms with Crippen molar-refractivity contribution in [1.82, 2.24) is 0 Å². The second kappa shape index (κ2) is 10.1. The number of anilines is 3. The zero-order valence-electron chi connectivity index (χ0n) is 16.2. The zero-order valence-corrected chi connectivity index (χ0v) is 16.9. The Labute approximate surface area is 179 Å². The van der Waals surface area contributed by atoms with Gasteiger partial charge in [-0.25, -0.2) is 0 Å². The number of hydrogen-bond donors (Lipinski definition) is 3. The molecule has 31 heavy (non-hydrogen) atoms. The maximum atomic E-state index is 12.7. The van der Waals surface area contributed by atoms with E-state index < -0.39 is 28.3 Å². The second-order valence-corrected chi connectivity index (χ2v) is 6.72. The van der Waals surface area contributed by atoms with Crippen molar-refractivity contribution in [2.45, 2.75) is 25.9 Å². The number of carbonyl (C=O) groups excluding carboxylic acids is 2. The first kappa shape index (κ1) is 23.9. The molecule has 0 fully saturated rings. The lowest BCUT2D eigenvalue weighted by Gasteiger charge is -2.12. The van der Waals surface area contributed by atoms with E-state index in [-0.39, 0.29) is 41.7 Å². The van der Waals surface area contributed by atoms with Gasteiger partial charge < -0.3 is 16.0 Å². The van der Waals surface area contributed by atoms with Gasteiger partial charge in [0.2, 0.25) is 11.8 Å². The van der Waals surface area contributed by atoms with Gasteiger partial charge in [0, 0.05) is 31.1 Å². The molecular weight excluding hydrogens is 441 g/mol. The van der Waals surface area contributed by atoms with Crippen LogP contribution >= 0.6 is 11.6 Å². The summed E-state index contributed by atoms with van der Waals surface area (Å²) in [5.41, 5.74) is -1.36. The Hall–Kier alpha value is -3.34. The van der Waals surface area contributed by atoms with Crippen LogP contribution in [0.4, 0.5) is 35.9 Å². The Bertz CT molecular complexity index is 999. The summed E-state index contributed by atoms with van der Waals surface area (Å²) in [7, 11) is 0. The standard InChI is InChI=1S/C19H18ClF3N4O4/c1-2-17(28)25-12-4-5-13(20)15(10-12)26-18(29)7-8-24-14-6-3-11(19(21,22)23)9-16(14)27(30)31/h3-6,9-10,24H,2,7-8H2,1H3,(H,25,28)(H,26,29). The molecule has 2 aromatic carbocycles. The molecule has 166 valence electrons. The van der Waals surface area contributed by atoms with Crippen LogP contribution in [0.15, 0.2) is 36.4 Å². The number of nitrogens with one attached hydrogen (secondary N) is 3. The van der Waals surface area contributed by atoms with Crippen LogP contribution in [0.2, 0.25) is 5.02 Å². The monoisotopic (exact) mass is 458 g/mol. The Morgan fingerprint density at radius 3 is 2.39 bits per heavy atom. The van der Waals surface area contributed by atoms with Gasteiger partial charge in [0.05, 0.1) is 21.2 Å². The number of carbonyl (C=O) groups is 2. The Morgan fingerprint density at radius 2 is 1.77 bits per heavy atom. The number of nitro benzene ring substituents is 1. The van der Waals surface area contributed by atoms with Crippen LogP contribution in [0.25, 0.3) is 0 Å². The maximum absolute atomic E-state index is 12.7. The van der Waals surface area contributed by atoms with Gasteiger partial charge in [0.25, 0.3) is 5.69 Å². The Balaban J connectivity index is 2.01. The van der Waals surface area contributed by atoms with Gasteiger partial charge in [-0.2, -0.15) is 13.2 Å². The van der Waals surface area contributed by atoms with E-state index in [4.69, 9.17) is 11.6 Å². The fourth-order valence-corrected chi connectivity index (χ4v) is 2.64. The molecule has 0 aliphatic heterocycles. The average molecular weight is 459 g/mol. The van der Waals surface area contributed by atoms with Crippen molar-refractivity contribution < 1.29 is 27.7 Å². The lowest BCUT2D eigenvalue weighted by atomic mass is 10.1. The van der Waals surface area contributed by atoms with Gasteiger partial charge in [-0.3, -0.25) is 19.7 Å². The predicted octanol–water partition coefficient (Wildman–Crippen LogP) is 5.06.